The van der Waals surface area contributed by atoms with Gasteiger partial charge in [0.1, 0.15) is 10.1 Å². The van der Waals surface area contributed by atoms with Crippen LogP contribution in [0.3, 0.4) is 0 Å². The van der Waals surface area contributed by atoms with Crippen LogP contribution in [0.5, 0.6) is 0 Å². The average molecular weight is 302 g/mol. The first-order chi connectivity index (χ1) is 8.55. The maximum atomic E-state index is 11.4. The summed E-state index contributed by atoms with van der Waals surface area (Å²) in [6.07, 6.45) is 0.724. The molecule has 1 aliphatic heterocycles. The standard InChI is InChI=1S/C12H15NO2S3/c14-18(15)7-6-11(9-18)13-12(16)17-8-10-4-2-1-3-5-10/h1-5,11H,6-9H2,(H-,13,14,15,16)/p+1/t11-/m1/s1. The molecule has 0 aliphatic carbocycles. The third kappa shape index (κ3) is 4.35. The van der Waals surface area contributed by atoms with E-state index in [-0.39, 0.29) is 6.04 Å². The van der Waals surface area contributed by atoms with Crippen LogP contribution in [0.1, 0.15) is 12.0 Å². The van der Waals surface area contributed by atoms with Crippen LogP contribution in [0.25, 0.3) is 0 Å². The Morgan fingerprint density at radius 1 is 1.50 bits per heavy atom. The van der Waals surface area contributed by atoms with E-state index < -0.39 is 10.2 Å². The highest BCUT2D eigenvalue weighted by Crippen LogP contribution is 2.19. The van der Waals surface area contributed by atoms with Gasteiger partial charge in [-0.15, -0.1) is 0 Å². The number of thiocarbonyl (C=S) groups is 1. The van der Waals surface area contributed by atoms with Gasteiger partial charge in [-0.25, -0.2) is 0 Å². The Labute approximate surface area is 118 Å². The van der Waals surface area contributed by atoms with Gasteiger partial charge >= 0.3 is 0 Å². The first-order valence-electron chi connectivity index (χ1n) is 5.74. The first-order valence-corrected chi connectivity index (χ1v) is 8.99. The molecule has 1 aliphatic rings. The molecule has 6 heteroatoms. The smallest absolute Gasteiger partial charge is 0.216 e. The number of hydrogen-bond donors (Lipinski definition) is 2. The van der Waals surface area contributed by atoms with E-state index in [1.54, 1.807) is 11.8 Å². The molecule has 3 nitrogen and oxygen atoms in total. The Morgan fingerprint density at radius 3 is 2.83 bits per heavy atom. The predicted octanol–water partition coefficient (Wildman–Crippen LogP) is 2.54. The minimum Gasteiger partial charge on any atom is -0.363 e. The van der Waals surface area contributed by atoms with Gasteiger partial charge in [-0.05, 0) is 5.56 Å². The highest BCUT2D eigenvalue weighted by atomic mass is 32.3. The average Bonchev–Trinajstić information content (AvgIpc) is 2.67. The van der Waals surface area contributed by atoms with Crippen LogP contribution in [0.15, 0.2) is 30.3 Å². The monoisotopic (exact) mass is 302 g/mol. The zero-order chi connectivity index (χ0) is 13.0. The summed E-state index contributed by atoms with van der Waals surface area (Å²) in [5, 5.41) is 3.16. The molecule has 1 fully saturated rings. The lowest BCUT2D eigenvalue weighted by Gasteiger charge is -2.11. The van der Waals surface area contributed by atoms with Crippen LogP contribution >= 0.6 is 24.0 Å². The Balaban J connectivity index is 1.75. The molecule has 98 valence electrons. The molecular weight excluding hydrogens is 286 g/mol. The van der Waals surface area contributed by atoms with Crippen molar-refractivity contribution in [2.24, 2.45) is 0 Å². The molecule has 2 atom stereocenters. The normalized spacial score (nSPS) is 27.1. The molecule has 1 aromatic carbocycles. The fraction of sp³-hybridized carbons (Fsp3) is 0.417. The summed E-state index contributed by atoms with van der Waals surface area (Å²) < 4.78 is 21.6. The fourth-order valence-corrected chi connectivity index (χ4v) is 4.63. The Kier molecular flexibility index (Phi) is 4.77. The van der Waals surface area contributed by atoms with Crippen molar-refractivity contribution < 1.29 is 8.76 Å². The molecule has 0 radical (unpaired) electrons. The lowest BCUT2D eigenvalue weighted by atomic mass is 10.2. The zero-order valence-electron chi connectivity index (χ0n) is 9.87. The van der Waals surface area contributed by atoms with E-state index in [2.05, 4.69) is 17.4 Å². The summed E-state index contributed by atoms with van der Waals surface area (Å²) in [6, 6.07) is 10.2. The molecule has 0 amide bonds. The summed E-state index contributed by atoms with van der Waals surface area (Å²) in [6.45, 7) is 0. The third-order valence-electron chi connectivity index (χ3n) is 2.78. The second-order valence-electron chi connectivity index (χ2n) is 4.34. The van der Waals surface area contributed by atoms with E-state index in [1.807, 2.05) is 18.2 Å². The van der Waals surface area contributed by atoms with Crippen LogP contribution < -0.4 is 5.32 Å². The van der Waals surface area contributed by atoms with Crippen LogP contribution in [0, 0.1) is 0 Å². The van der Waals surface area contributed by atoms with Crippen LogP contribution in [0.2, 0.25) is 0 Å². The maximum Gasteiger partial charge on any atom is 0.216 e. The van der Waals surface area contributed by atoms with Gasteiger partial charge in [0.05, 0.1) is 6.04 Å². The molecule has 1 aromatic rings. The Bertz CT molecular complexity index is 464. The quantitative estimate of drug-likeness (QED) is 0.664. The van der Waals surface area contributed by atoms with Gasteiger partial charge in [-0.2, -0.15) is 4.55 Å². The molecule has 2 rings (SSSR count). The van der Waals surface area contributed by atoms with Crippen molar-refractivity contribution in [2.75, 3.05) is 11.5 Å². The van der Waals surface area contributed by atoms with Gasteiger partial charge in [-0.3, -0.25) is 0 Å². The molecule has 0 spiro atoms. The summed E-state index contributed by atoms with van der Waals surface area (Å²) in [5.74, 6) is 1.53. The van der Waals surface area contributed by atoms with Crippen molar-refractivity contribution in [1.82, 2.24) is 5.32 Å². The molecule has 1 saturated heterocycles. The number of thioether (sulfide) groups is 1. The lowest BCUT2D eigenvalue weighted by molar-refractivity contribution is 0.502. The summed E-state index contributed by atoms with van der Waals surface area (Å²) >= 11 is 6.80. The van der Waals surface area contributed by atoms with Crippen molar-refractivity contribution in [3.8, 4) is 0 Å². The van der Waals surface area contributed by atoms with Crippen LogP contribution in [-0.4, -0.2) is 26.4 Å². The number of benzene rings is 1. The summed E-state index contributed by atoms with van der Waals surface area (Å²) in [7, 11) is -2.59. The van der Waals surface area contributed by atoms with Gasteiger partial charge < -0.3 is 5.32 Å². The van der Waals surface area contributed by atoms with Crippen molar-refractivity contribution in [1.29, 1.82) is 0 Å². The highest BCUT2D eigenvalue weighted by molar-refractivity contribution is 8.22. The fourth-order valence-electron chi connectivity index (χ4n) is 1.85. The van der Waals surface area contributed by atoms with Gasteiger partial charge in [0.2, 0.25) is 10.2 Å². The molecule has 1 heterocycles. The predicted molar refractivity (Wildman–Crippen MR) is 82.3 cm³/mol. The van der Waals surface area contributed by atoms with E-state index in [0.717, 1.165) is 12.2 Å². The third-order valence-corrected chi connectivity index (χ3v) is 5.91. The Hall–Kier alpha value is -0.430. The SMILES string of the molecule is O=[S+]1(O)CC[C@@H](NC(=S)SCc2ccccc2)C1. The second-order valence-corrected chi connectivity index (χ2v) is 8.27. The first kappa shape index (κ1) is 14.0. The van der Waals surface area contributed by atoms with Gasteiger partial charge in [0.25, 0.3) is 0 Å². The summed E-state index contributed by atoms with van der Waals surface area (Å²) in [4.78, 5) is 0. The minimum atomic E-state index is -2.59. The molecule has 2 N–H and O–H groups in total. The topological polar surface area (TPSA) is 49.3 Å². The number of nitrogens with one attached hydrogen (secondary N) is 1. The molecule has 0 saturated carbocycles. The van der Waals surface area contributed by atoms with Gasteiger partial charge in [-0.1, -0.05) is 58.5 Å². The van der Waals surface area contributed by atoms with Crippen LogP contribution in [0.4, 0.5) is 0 Å². The summed E-state index contributed by atoms with van der Waals surface area (Å²) in [5.41, 5.74) is 1.23. The van der Waals surface area contributed by atoms with Crippen molar-refractivity contribution in [2.45, 2.75) is 18.2 Å². The van der Waals surface area contributed by atoms with Crippen molar-refractivity contribution in [3.05, 3.63) is 35.9 Å². The largest absolute Gasteiger partial charge is 0.363 e. The lowest BCUT2D eigenvalue weighted by Crippen LogP contribution is -2.33. The molecular formula is C12H16NO2S3+. The zero-order valence-corrected chi connectivity index (χ0v) is 12.3. The van der Waals surface area contributed by atoms with Crippen molar-refractivity contribution in [3.63, 3.8) is 0 Å². The highest BCUT2D eigenvalue weighted by Gasteiger charge is 2.38. The van der Waals surface area contributed by atoms with Gasteiger partial charge in [0.15, 0.2) is 5.75 Å². The van der Waals surface area contributed by atoms with E-state index >= 15 is 0 Å². The molecule has 1 unspecified atom stereocenters. The van der Waals surface area contributed by atoms with Crippen LogP contribution in [-0.2, 0) is 20.2 Å². The van der Waals surface area contributed by atoms with E-state index in [0.29, 0.717) is 15.8 Å². The molecule has 0 aromatic heterocycles. The Morgan fingerprint density at radius 2 is 2.22 bits per heavy atom. The number of hydrogen-bond acceptors (Lipinski definition) is 3. The molecule has 18 heavy (non-hydrogen) atoms. The van der Waals surface area contributed by atoms with E-state index in [1.165, 1.54) is 5.56 Å². The van der Waals surface area contributed by atoms with Crippen molar-refractivity contribution >= 4 is 38.5 Å². The molecule has 0 bridgehead atoms. The second kappa shape index (κ2) is 6.14. The minimum absolute atomic E-state index is 0.0540. The van der Waals surface area contributed by atoms with E-state index in [9.17, 15) is 8.76 Å². The number of rotatable bonds is 3. The maximum absolute atomic E-state index is 11.4. The van der Waals surface area contributed by atoms with Gasteiger partial charge in [0, 0.05) is 12.2 Å². The van der Waals surface area contributed by atoms with E-state index in [4.69, 9.17) is 12.2 Å².